The van der Waals surface area contributed by atoms with Gasteiger partial charge in [0.25, 0.3) is 0 Å². The Kier molecular flexibility index (Phi) is 101. The fraction of sp³-hybridized carbons (Fsp3) is 1.00. The van der Waals surface area contributed by atoms with Crippen LogP contribution in [0.2, 0.25) is 6.04 Å². The maximum absolute atomic E-state index is 5.75. The Balaban J connectivity index is 3.11. The lowest BCUT2D eigenvalue weighted by Crippen LogP contribution is -2.42. The highest BCUT2D eigenvalue weighted by molar-refractivity contribution is 7.99. The fourth-order valence-electron chi connectivity index (χ4n) is 11.3. The van der Waals surface area contributed by atoms with E-state index in [1.54, 1.807) is 21.3 Å². The SMILES string of the molecule is CCCCCCCCCCCCCCCCCCOCCOCCOCCOCCOCCOCCOCCOCCOCCOCCOCCOCCOCCOCCOCCOCCOCCOCCOCCOCCOCCCCCCCCCCCSCCCCCCCCCCC[Si](OC)(OC)OC. The quantitative estimate of drug-likeness (QED) is 0.0408. The van der Waals surface area contributed by atoms with Crippen molar-refractivity contribution in [3.05, 3.63) is 0 Å². The summed E-state index contributed by atoms with van der Waals surface area (Å²) in [5, 5.41) is 0. The molecule has 26 heteroatoms. The van der Waals surface area contributed by atoms with Crippen LogP contribution in [0, 0.1) is 0 Å². The van der Waals surface area contributed by atoms with E-state index in [2.05, 4.69) is 18.7 Å². The van der Waals surface area contributed by atoms with Crippen LogP contribution < -0.4 is 0 Å². The summed E-state index contributed by atoms with van der Waals surface area (Å²) in [4.78, 5) is 0. The minimum absolute atomic E-state index is 0.492. The Morgan fingerprint density at radius 1 is 0.147 bits per heavy atom. The first kappa shape index (κ1) is 109. The number of thioether (sulfide) groups is 1. The summed E-state index contributed by atoms with van der Waals surface area (Å²) in [5.74, 6) is 2.67. The molecule has 0 heterocycles. The third-order valence-electron chi connectivity index (χ3n) is 17.9. The lowest BCUT2D eigenvalue weighted by molar-refractivity contribution is -0.0316. The molecule has 0 aliphatic heterocycles. The summed E-state index contributed by atoms with van der Waals surface area (Å²) in [6, 6.07) is 0.917. The minimum atomic E-state index is -2.38. The van der Waals surface area contributed by atoms with Gasteiger partial charge in [-0.1, -0.05) is 193 Å². The van der Waals surface area contributed by atoms with E-state index in [4.69, 9.17) is 113 Å². The van der Waals surface area contributed by atoms with Crippen molar-refractivity contribution in [1.82, 2.24) is 0 Å². The zero-order chi connectivity index (χ0) is 78.0. The summed E-state index contributed by atoms with van der Waals surface area (Å²) in [5.41, 5.74) is 0. The topological polar surface area (TPSA) is 222 Å². The van der Waals surface area contributed by atoms with E-state index >= 15 is 0 Å². The highest BCUT2D eigenvalue weighted by atomic mass is 32.2. The van der Waals surface area contributed by atoms with E-state index in [0.717, 1.165) is 38.5 Å². The molecule has 109 heavy (non-hydrogen) atoms. The molecule has 0 amide bonds. The molecule has 0 aliphatic rings. The molecule has 0 aromatic carbocycles. The summed E-state index contributed by atoms with van der Waals surface area (Å²) >= 11 is 2.16. The first-order valence-electron chi connectivity index (χ1n) is 43.6. The van der Waals surface area contributed by atoms with Gasteiger partial charge in [-0.15, -0.1) is 0 Å². The van der Waals surface area contributed by atoms with Gasteiger partial charge in [-0.05, 0) is 43.6 Å². The monoisotopic (exact) mass is 1610 g/mol. The Labute approximate surface area is 671 Å². The van der Waals surface area contributed by atoms with Crippen molar-refractivity contribution in [2.24, 2.45) is 0 Å². The molecule has 0 fully saturated rings. The minimum Gasteiger partial charge on any atom is -0.379 e. The van der Waals surface area contributed by atoms with Crippen LogP contribution in [-0.4, -0.2) is 319 Å². The predicted molar refractivity (Wildman–Crippen MR) is 439 cm³/mol. The van der Waals surface area contributed by atoms with Gasteiger partial charge in [0.1, 0.15) is 0 Å². The number of rotatable bonds is 104. The van der Waals surface area contributed by atoms with Gasteiger partial charge in [-0.3, -0.25) is 0 Å². The molecule has 0 radical (unpaired) electrons. The molecule has 0 aromatic heterocycles. The van der Waals surface area contributed by atoms with Crippen LogP contribution in [-0.2, 0) is 113 Å². The van der Waals surface area contributed by atoms with Gasteiger partial charge in [0.2, 0.25) is 0 Å². The third-order valence-corrected chi connectivity index (χ3v) is 21.9. The number of hydrogen-bond donors (Lipinski definition) is 0. The Bertz CT molecular complexity index is 1570. The molecule has 0 rings (SSSR count). The van der Waals surface area contributed by atoms with E-state index in [0.29, 0.717) is 264 Å². The molecule has 0 aliphatic carbocycles. The molecule has 0 bridgehead atoms. The first-order chi connectivity index (χ1) is 54.2. The Morgan fingerprint density at radius 3 is 0.431 bits per heavy atom. The third kappa shape index (κ3) is 96.3. The highest BCUT2D eigenvalue weighted by Gasteiger charge is 2.36. The Hall–Kier alpha value is -0.393. The van der Waals surface area contributed by atoms with Gasteiger partial charge < -0.3 is 113 Å². The van der Waals surface area contributed by atoms with Crippen molar-refractivity contribution < 1.29 is 113 Å². The smallest absolute Gasteiger partial charge is 0.379 e. The maximum atomic E-state index is 5.75. The van der Waals surface area contributed by atoms with Crippen molar-refractivity contribution in [2.45, 2.75) is 231 Å². The van der Waals surface area contributed by atoms with Gasteiger partial charge in [0.15, 0.2) is 0 Å². The van der Waals surface area contributed by atoms with Crippen LogP contribution in [0.3, 0.4) is 0 Å². The predicted octanol–water partition coefficient (Wildman–Crippen LogP) is 15.2. The fourth-order valence-corrected chi connectivity index (χ4v) is 14.2. The molecule has 0 N–H and O–H groups in total. The molecule has 0 unspecified atom stereocenters. The van der Waals surface area contributed by atoms with Crippen LogP contribution in [0.4, 0.5) is 0 Å². The first-order valence-corrected chi connectivity index (χ1v) is 46.7. The lowest BCUT2D eigenvalue weighted by atomic mass is 10.0. The summed E-state index contributed by atoms with van der Waals surface area (Å²) < 4.78 is 134. The summed E-state index contributed by atoms with van der Waals surface area (Å²) in [6.07, 6.45) is 46.0. The van der Waals surface area contributed by atoms with E-state index < -0.39 is 8.80 Å². The summed E-state index contributed by atoms with van der Waals surface area (Å²) in [6.45, 7) is 24.7. The van der Waals surface area contributed by atoms with Gasteiger partial charge in [-0.2, -0.15) is 11.8 Å². The second kappa shape index (κ2) is 102. The Morgan fingerprint density at radius 2 is 0.275 bits per heavy atom. The number of unbranched alkanes of at least 4 members (excludes halogenated alkanes) is 31. The lowest BCUT2D eigenvalue weighted by Gasteiger charge is -2.24. The molecule has 0 saturated heterocycles. The van der Waals surface area contributed by atoms with Gasteiger partial charge in [-0.25, -0.2) is 0 Å². The second-order valence-corrected chi connectivity index (χ2v) is 31.5. The van der Waals surface area contributed by atoms with E-state index in [-0.39, 0.29) is 0 Å². The van der Waals surface area contributed by atoms with Crippen LogP contribution in [0.15, 0.2) is 0 Å². The van der Waals surface area contributed by atoms with Crippen LogP contribution in [0.1, 0.15) is 225 Å². The van der Waals surface area contributed by atoms with Crippen LogP contribution >= 0.6 is 11.8 Å². The van der Waals surface area contributed by atoms with Crippen molar-refractivity contribution in [3.8, 4) is 0 Å². The summed E-state index contributed by atoms with van der Waals surface area (Å²) in [7, 11) is 2.72. The van der Waals surface area contributed by atoms with Crippen molar-refractivity contribution >= 4 is 20.6 Å². The van der Waals surface area contributed by atoms with Crippen LogP contribution in [0.25, 0.3) is 0 Å². The van der Waals surface area contributed by atoms with E-state index in [1.807, 2.05) is 0 Å². The zero-order valence-corrected chi connectivity index (χ0v) is 72.4. The van der Waals surface area contributed by atoms with Gasteiger partial charge in [0.05, 0.1) is 264 Å². The average molecular weight is 1610 g/mol. The normalized spacial score (nSPS) is 12.0. The molecule has 656 valence electrons. The van der Waals surface area contributed by atoms with Gasteiger partial charge in [0, 0.05) is 40.6 Å². The average Bonchev–Trinajstić information content (AvgIpc) is 0.905. The molecule has 0 saturated carbocycles. The maximum Gasteiger partial charge on any atom is 0.500 e. The molecular formula is C83H170O24SSi. The zero-order valence-electron chi connectivity index (χ0n) is 70.6. The second-order valence-electron chi connectivity index (χ2n) is 27.2. The van der Waals surface area contributed by atoms with Crippen LogP contribution in [0.5, 0.6) is 0 Å². The number of ether oxygens (including phenoxy) is 21. The van der Waals surface area contributed by atoms with Gasteiger partial charge >= 0.3 is 8.80 Å². The highest BCUT2D eigenvalue weighted by Crippen LogP contribution is 2.20. The van der Waals surface area contributed by atoms with E-state index in [9.17, 15) is 0 Å². The molecule has 0 spiro atoms. The largest absolute Gasteiger partial charge is 0.500 e. The molecule has 24 nitrogen and oxygen atoms in total. The molecule has 0 aromatic rings. The van der Waals surface area contributed by atoms with Crippen molar-refractivity contribution in [1.29, 1.82) is 0 Å². The van der Waals surface area contributed by atoms with Crippen molar-refractivity contribution in [3.63, 3.8) is 0 Å². The van der Waals surface area contributed by atoms with E-state index in [1.165, 1.54) is 211 Å². The molecule has 0 atom stereocenters. The molecular weight excluding hydrogens is 1440 g/mol. The number of hydrogen-bond acceptors (Lipinski definition) is 25. The standard InChI is InChI=1S/C83H170O24SSi/c1-5-6-7-8-9-10-11-12-13-14-15-16-19-24-29-34-39-87-41-43-89-45-47-91-49-51-93-53-55-95-57-59-97-61-63-99-65-67-101-69-71-103-73-75-105-77-79-107-80-78-106-76-74-104-72-70-102-68-66-100-64-62-98-60-58-96-56-54-94-52-50-92-48-46-90-44-42-88-40-35-30-25-20-17-21-26-31-36-81-108-82-37-32-27-22-18-23-28-33-38-83-109(84-2,85-3)86-4/h5-83H2,1-4H3. The van der Waals surface area contributed by atoms with Crippen molar-refractivity contribution in [2.75, 3.05) is 310 Å².